The van der Waals surface area contributed by atoms with Crippen molar-refractivity contribution in [3.63, 3.8) is 0 Å². The molecule has 5 heterocycles. The van der Waals surface area contributed by atoms with E-state index in [9.17, 15) is 4.79 Å². The number of hydrogen-bond donors (Lipinski definition) is 1. The van der Waals surface area contributed by atoms with Crippen LogP contribution in [0.1, 0.15) is 46.3 Å². The summed E-state index contributed by atoms with van der Waals surface area (Å²) >= 11 is 6.06. The van der Waals surface area contributed by atoms with E-state index in [-0.39, 0.29) is 12.4 Å². The van der Waals surface area contributed by atoms with E-state index in [1.807, 2.05) is 27.3 Å². The molecule has 5 aromatic rings. The zero-order chi connectivity index (χ0) is 21.7. The Kier molecular flexibility index (Phi) is 4.39. The van der Waals surface area contributed by atoms with Gasteiger partial charge in [0.05, 0.1) is 29.8 Å². The summed E-state index contributed by atoms with van der Waals surface area (Å²) in [6.45, 7) is 0.547. The fourth-order valence-corrected chi connectivity index (χ4v) is 3.90. The van der Waals surface area contributed by atoms with Gasteiger partial charge in [0.25, 0.3) is 11.7 Å². The van der Waals surface area contributed by atoms with Crippen molar-refractivity contribution in [1.82, 2.24) is 44.3 Å². The van der Waals surface area contributed by atoms with E-state index in [0.717, 1.165) is 16.9 Å². The normalized spacial score (nSPS) is 13.8. The van der Waals surface area contributed by atoms with Crippen LogP contribution in [0, 0.1) is 0 Å². The van der Waals surface area contributed by atoms with Crippen molar-refractivity contribution in [2.75, 3.05) is 0 Å². The number of pyridine rings is 2. The molecule has 11 heteroatoms. The van der Waals surface area contributed by atoms with Crippen molar-refractivity contribution in [3.8, 4) is 0 Å². The summed E-state index contributed by atoms with van der Waals surface area (Å²) < 4.78 is 3.86. The molecule has 160 valence electrons. The second kappa shape index (κ2) is 7.41. The number of aromatic nitrogens is 8. The summed E-state index contributed by atoms with van der Waals surface area (Å²) in [5, 5.41) is 15.4. The number of imidazole rings is 2. The zero-order valence-electron chi connectivity index (χ0n) is 16.9. The van der Waals surface area contributed by atoms with Gasteiger partial charge in [-0.15, -0.1) is 10.2 Å². The number of halogens is 1. The van der Waals surface area contributed by atoms with Gasteiger partial charge in [-0.1, -0.05) is 17.7 Å². The van der Waals surface area contributed by atoms with E-state index in [1.165, 1.54) is 23.2 Å². The largest absolute Gasteiger partial charge is 0.343 e. The monoisotopic (exact) mass is 447 g/mol. The van der Waals surface area contributed by atoms with Crippen molar-refractivity contribution < 1.29 is 4.79 Å². The third-order valence-corrected chi connectivity index (χ3v) is 5.76. The SMILES string of the molecule is O=C(NCc1ncn2ccc(Cl)cc12)c1nnn(Cc2cn3cc(C4CC4)ccc3n2)n1. The Morgan fingerprint density at radius 1 is 1.19 bits per heavy atom. The lowest BCUT2D eigenvalue weighted by Gasteiger charge is -2.01. The minimum atomic E-state index is -0.427. The lowest BCUT2D eigenvalue weighted by atomic mass is 10.2. The number of hydrogen-bond acceptors (Lipinski definition) is 6. The first kappa shape index (κ1) is 18.9. The number of fused-ring (bicyclic) bond motifs is 2. The second-order valence-corrected chi connectivity index (χ2v) is 8.33. The Morgan fingerprint density at radius 2 is 2.09 bits per heavy atom. The van der Waals surface area contributed by atoms with Crippen LogP contribution < -0.4 is 5.32 Å². The smallest absolute Gasteiger partial charge is 0.293 e. The molecule has 10 nitrogen and oxygen atoms in total. The third-order valence-electron chi connectivity index (χ3n) is 5.53. The van der Waals surface area contributed by atoms with Gasteiger partial charge in [0.2, 0.25) is 0 Å². The standard InChI is InChI=1S/C21H18ClN9O/c22-15-5-6-29-12-24-17(18(29)7-15)8-23-21(32)20-26-28-31(27-20)11-16-10-30-9-14(13-1-2-13)3-4-19(30)25-16/h3-7,9-10,12-13H,1-2,8,11H2,(H,23,32). The highest BCUT2D eigenvalue weighted by Gasteiger charge is 2.23. The first-order valence-electron chi connectivity index (χ1n) is 10.3. The van der Waals surface area contributed by atoms with Gasteiger partial charge in [-0.25, -0.2) is 9.97 Å². The number of nitrogens with one attached hydrogen (secondary N) is 1. The van der Waals surface area contributed by atoms with Crippen molar-refractivity contribution in [1.29, 1.82) is 0 Å². The fourth-order valence-electron chi connectivity index (χ4n) is 3.74. The Hall–Kier alpha value is -3.79. The van der Waals surface area contributed by atoms with Gasteiger partial charge in [-0.05, 0) is 47.7 Å². The predicted molar refractivity (Wildman–Crippen MR) is 115 cm³/mol. The molecule has 0 bridgehead atoms. The molecule has 6 rings (SSSR count). The molecule has 1 aliphatic carbocycles. The van der Waals surface area contributed by atoms with Crippen LogP contribution in [0.2, 0.25) is 5.02 Å². The average molecular weight is 448 g/mol. The topological polar surface area (TPSA) is 107 Å². The molecule has 0 aromatic carbocycles. The number of carbonyl (C=O) groups excluding carboxylic acids is 1. The van der Waals surface area contributed by atoms with Crippen LogP contribution in [0.4, 0.5) is 0 Å². The summed E-state index contributed by atoms with van der Waals surface area (Å²) in [5.41, 5.74) is 4.53. The second-order valence-electron chi connectivity index (χ2n) is 7.89. The molecule has 0 saturated heterocycles. The quantitative estimate of drug-likeness (QED) is 0.428. The number of nitrogens with zero attached hydrogens (tertiary/aromatic N) is 8. The van der Waals surface area contributed by atoms with Gasteiger partial charge in [0.15, 0.2) is 0 Å². The van der Waals surface area contributed by atoms with E-state index >= 15 is 0 Å². The van der Waals surface area contributed by atoms with E-state index < -0.39 is 5.91 Å². The van der Waals surface area contributed by atoms with Crippen LogP contribution >= 0.6 is 11.6 Å². The highest BCUT2D eigenvalue weighted by atomic mass is 35.5. The first-order valence-corrected chi connectivity index (χ1v) is 10.6. The molecule has 0 radical (unpaired) electrons. The molecule has 0 aliphatic heterocycles. The molecule has 1 saturated carbocycles. The van der Waals surface area contributed by atoms with Crippen LogP contribution in [-0.2, 0) is 13.1 Å². The molecule has 1 N–H and O–H groups in total. The summed E-state index contributed by atoms with van der Waals surface area (Å²) in [6.07, 6.45) is 10.1. The van der Waals surface area contributed by atoms with E-state index in [4.69, 9.17) is 11.6 Å². The molecule has 0 spiro atoms. The maximum atomic E-state index is 12.5. The number of tetrazole rings is 1. The van der Waals surface area contributed by atoms with Crippen LogP contribution in [-0.4, -0.2) is 44.9 Å². The first-order chi connectivity index (χ1) is 15.6. The lowest BCUT2D eigenvalue weighted by Crippen LogP contribution is -2.24. The number of amides is 1. The van der Waals surface area contributed by atoms with E-state index in [1.54, 1.807) is 18.5 Å². The minimum Gasteiger partial charge on any atom is -0.343 e. The zero-order valence-corrected chi connectivity index (χ0v) is 17.6. The molecule has 32 heavy (non-hydrogen) atoms. The molecule has 0 atom stereocenters. The Bertz CT molecular complexity index is 1460. The Labute approximate surface area is 186 Å². The van der Waals surface area contributed by atoms with Crippen molar-refractivity contribution >= 4 is 28.7 Å². The van der Waals surface area contributed by atoms with E-state index in [2.05, 4.69) is 43.0 Å². The van der Waals surface area contributed by atoms with Gasteiger partial charge in [-0.2, -0.15) is 4.80 Å². The molecule has 1 aliphatic rings. The predicted octanol–water partition coefficient (Wildman–Crippen LogP) is 2.48. The van der Waals surface area contributed by atoms with Crippen molar-refractivity contribution in [3.05, 3.63) is 77.0 Å². The molecule has 1 amide bonds. The van der Waals surface area contributed by atoms with Gasteiger partial charge in [0, 0.05) is 23.6 Å². The van der Waals surface area contributed by atoms with Crippen LogP contribution in [0.25, 0.3) is 11.2 Å². The molecule has 1 fully saturated rings. The minimum absolute atomic E-state index is 0.00803. The highest BCUT2D eigenvalue weighted by molar-refractivity contribution is 6.30. The summed E-state index contributed by atoms with van der Waals surface area (Å²) in [6, 6.07) is 7.73. The molecular weight excluding hydrogens is 430 g/mol. The lowest BCUT2D eigenvalue weighted by molar-refractivity contribution is 0.0940. The summed E-state index contributed by atoms with van der Waals surface area (Å²) in [5.74, 6) is 0.246. The maximum absolute atomic E-state index is 12.5. The highest BCUT2D eigenvalue weighted by Crippen LogP contribution is 2.39. The Morgan fingerprint density at radius 3 is 2.97 bits per heavy atom. The summed E-state index contributed by atoms with van der Waals surface area (Å²) in [4.78, 5) is 22.8. The van der Waals surface area contributed by atoms with Gasteiger partial charge >= 0.3 is 0 Å². The maximum Gasteiger partial charge on any atom is 0.293 e. The fraction of sp³-hybridized carbons (Fsp3) is 0.238. The number of rotatable bonds is 6. The third kappa shape index (κ3) is 3.58. The molecule has 0 unspecified atom stereocenters. The van der Waals surface area contributed by atoms with Crippen LogP contribution in [0.3, 0.4) is 0 Å². The average Bonchev–Trinajstić information content (AvgIpc) is 3.21. The van der Waals surface area contributed by atoms with Crippen LogP contribution in [0.15, 0.2) is 49.2 Å². The van der Waals surface area contributed by atoms with Gasteiger partial charge in [-0.3, -0.25) is 4.79 Å². The number of carbonyl (C=O) groups is 1. The van der Waals surface area contributed by atoms with Gasteiger partial charge in [0.1, 0.15) is 12.2 Å². The van der Waals surface area contributed by atoms with Crippen molar-refractivity contribution in [2.45, 2.75) is 31.8 Å². The Balaban J connectivity index is 1.13. The molecule has 5 aromatic heterocycles. The van der Waals surface area contributed by atoms with Gasteiger partial charge < -0.3 is 14.1 Å². The van der Waals surface area contributed by atoms with Crippen molar-refractivity contribution in [2.24, 2.45) is 0 Å². The molecular formula is C21H18ClN9O. The summed E-state index contributed by atoms with van der Waals surface area (Å²) in [7, 11) is 0. The van der Waals surface area contributed by atoms with E-state index in [0.29, 0.717) is 23.2 Å². The van der Waals surface area contributed by atoms with Crippen LogP contribution in [0.5, 0.6) is 0 Å².